The second-order valence-electron chi connectivity index (χ2n) is 5.25. The molecule has 0 saturated carbocycles. The molecule has 1 aliphatic rings. The molecule has 22 heavy (non-hydrogen) atoms. The molecule has 3 heterocycles. The first-order valence-electron chi connectivity index (χ1n) is 7.24. The molecule has 2 N–H and O–H groups in total. The van der Waals surface area contributed by atoms with Crippen molar-refractivity contribution in [3.05, 3.63) is 35.0 Å². The molecule has 1 atom stereocenters. The number of carbonyl (C=O) groups is 1. The van der Waals surface area contributed by atoms with Crippen molar-refractivity contribution in [2.75, 3.05) is 18.5 Å². The molecule has 7 heteroatoms. The van der Waals surface area contributed by atoms with Crippen molar-refractivity contribution in [3.63, 3.8) is 0 Å². The maximum absolute atomic E-state index is 11.8. The molecule has 1 aliphatic heterocycles. The average Bonchev–Trinajstić information content (AvgIpc) is 3.16. The Bertz CT molecular complexity index is 673. The molecule has 1 saturated heterocycles. The number of hydrogen-bond donors (Lipinski definition) is 2. The average molecular weight is 318 g/mol. The van der Waals surface area contributed by atoms with Crippen LogP contribution in [0.5, 0.6) is 0 Å². The number of rotatable bonds is 4. The number of aliphatic hydroxyl groups is 1. The fraction of sp³-hybridized carbons (Fsp3) is 0.400. The van der Waals surface area contributed by atoms with E-state index in [2.05, 4.69) is 15.3 Å². The van der Waals surface area contributed by atoms with E-state index in [1.54, 1.807) is 16.2 Å². The first-order valence-corrected chi connectivity index (χ1v) is 8.06. The lowest BCUT2D eigenvalue weighted by Gasteiger charge is -2.23. The molecular formula is C15H18N4O2S. The predicted octanol–water partition coefficient (Wildman–Crippen LogP) is 2.25. The van der Waals surface area contributed by atoms with Gasteiger partial charge in [0.2, 0.25) is 5.91 Å². The summed E-state index contributed by atoms with van der Waals surface area (Å²) in [5, 5.41) is 13.1. The highest BCUT2D eigenvalue weighted by molar-refractivity contribution is 7.15. The summed E-state index contributed by atoms with van der Waals surface area (Å²) < 4.78 is 0. The normalized spacial score (nSPS) is 17.7. The molecule has 3 rings (SSSR count). The van der Waals surface area contributed by atoms with Gasteiger partial charge in [0.15, 0.2) is 5.13 Å². The van der Waals surface area contributed by atoms with E-state index in [9.17, 15) is 4.79 Å². The van der Waals surface area contributed by atoms with Crippen LogP contribution in [0.2, 0.25) is 0 Å². The van der Waals surface area contributed by atoms with Crippen molar-refractivity contribution in [2.24, 2.45) is 0 Å². The van der Waals surface area contributed by atoms with Crippen LogP contribution in [0.15, 0.2) is 24.4 Å². The lowest BCUT2D eigenvalue weighted by molar-refractivity contribution is -0.135. The van der Waals surface area contributed by atoms with Gasteiger partial charge >= 0.3 is 0 Å². The van der Waals surface area contributed by atoms with E-state index in [0.29, 0.717) is 6.54 Å². The zero-order chi connectivity index (χ0) is 15.5. The van der Waals surface area contributed by atoms with Crippen molar-refractivity contribution in [3.8, 4) is 0 Å². The molecule has 0 radical (unpaired) electrons. The number of nitrogens with one attached hydrogen (secondary N) is 1. The minimum Gasteiger partial charge on any atom is -0.387 e. The molecule has 0 spiro atoms. The summed E-state index contributed by atoms with van der Waals surface area (Å²) in [4.78, 5) is 23.5. The summed E-state index contributed by atoms with van der Waals surface area (Å²) in [6, 6.07) is 5.67. The Morgan fingerprint density at radius 3 is 3.14 bits per heavy atom. The van der Waals surface area contributed by atoms with Crippen LogP contribution >= 0.6 is 11.3 Å². The highest BCUT2D eigenvalue weighted by atomic mass is 32.1. The van der Waals surface area contributed by atoms with E-state index < -0.39 is 6.61 Å². The Labute approximate surface area is 132 Å². The maximum atomic E-state index is 11.8. The molecule has 6 nitrogen and oxygen atoms in total. The molecule has 0 aliphatic carbocycles. The summed E-state index contributed by atoms with van der Waals surface area (Å²) in [7, 11) is 0. The molecule has 1 amide bonds. The molecule has 2 aromatic heterocycles. The standard InChI is InChI=1S/C15H18N4O2S/c1-10-8-16-15(22-10)18-13-6-2-4-11(17-13)12-5-3-7-19(12)14(21)9-20/h2,4,6,8,12,20H,3,5,7,9H2,1H3,(H,16,17,18)/t12-/m0/s1. The van der Waals surface area contributed by atoms with Crippen molar-refractivity contribution in [1.82, 2.24) is 14.9 Å². The van der Waals surface area contributed by atoms with Crippen LogP contribution in [-0.4, -0.2) is 39.0 Å². The van der Waals surface area contributed by atoms with Gasteiger partial charge in [0, 0.05) is 17.6 Å². The predicted molar refractivity (Wildman–Crippen MR) is 85.1 cm³/mol. The van der Waals surface area contributed by atoms with Gasteiger partial charge in [-0.3, -0.25) is 4.79 Å². The van der Waals surface area contributed by atoms with Gasteiger partial charge in [0.25, 0.3) is 0 Å². The minimum atomic E-state index is -0.452. The summed E-state index contributed by atoms with van der Waals surface area (Å²) in [5.41, 5.74) is 0.845. The molecule has 1 fully saturated rings. The molecular weight excluding hydrogens is 300 g/mol. The van der Waals surface area contributed by atoms with Crippen LogP contribution in [0.1, 0.15) is 29.5 Å². The molecule has 0 aromatic carbocycles. The number of carbonyl (C=O) groups excluding carboxylic acids is 1. The minimum absolute atomic E-state index is 0.0561. The van der Waals surface area contributed by atoms with E-state index in [1.807, 2.05) is 31.3 Å². The lowest BCUT2D eigenvalue weighted by Crippen LogP contribution is -2.33. The Morgan fingerprint density at radius 1 is 1.55 bits per heavy atom. The number of pyridine rings is 1. The third kappa shape index (κ3) is 3.10. The third-order valence-electron chi connectivity index (χ3n) is 3.68. The maximum Gasteiger partial charge on any atom is 0.248 e. The number of anilines is 2. The quantitative estimate of drug-likeness (QED) is 0.904. The van der Waals surface area contributed by atoms with Crippen molar-refractivity contribution in [2.45, 2.75) is 25.8 Å². The Hall–Kier alpha value is -1.99. The van der Waals surface area contributed by atoms with Gasteiger partial charge in [-0.05, 0) is 31.9 Å². The Morgan fingerprint density at radius 2 is 2.41 bits per heavy atom. The molecule has 116 valence electrons. The highest BCUT2D eigenvalue weighted by Crippen LogP contribution is 2.31. The van der Waals surface area contributed by atoms with Crippen LogP contribution < -0.4 is 5.32 Å². The third-order valence-corrected chi connectivity index (χ3v) is 4.50. The molecule has 2 aromatic rings. The number of aryl methyl sites for hydroxylation is 1. The largest absolute Gasteiger partial charge is 0.387 e. The zero-order valence-corrected chi connectivity index (χ0v) is 13.1. The van der Waals surface area contributed by atoms with E-state index in [-0.39, 0.29) is 11.9 Å². The van der Waals surface area contributed by atoms with Gasteiger partial charge in [-0.1, -0.05) is 6.07 Å². The summed E-state index contributed by atoms with van der Waals surface area (Å²) >= 11 is 1.57. The van der Waals surface area contributed by atoms with Gasteiger partial charge in [-0.25, -0.2) is 9.97 Å². The van der Waals surface area contributed by atoms with Crippen LogP contribution in [0.25, 0.3) is 0 Å². The molecule has 0 bridgehead atoms. The van der Waals surface area contributed by atoms with Gasteiger partial charge < -0.3 is 15.3 Å². The van der Waals surface area contributed by atoms with Crippen LogP contribution in [0, 0.1) is 6.92 Å². The second kappa shape index (κ2) is 6.41. The summed E-state index contributed by atoms with van der Waals surface area (Å²) in [5.74, 6) is 0.480. The van der Waals surface area contributed by atoms with Gasteiger partial charge in [-0.15, -0.1) is 11.3 Å². The van der Waals surface area contributed by atoms with E-state index in [1.165, 1.54) is 0 Å². The fourth-order valence-electron chi connectivity index (χ4n) is 2.69. The number of aromatic nitrogens is 2. The number of hydrogen-bond acceptors (Lipinski definition) is 6. The molecule has 0 unspecified atom stereocenters. The van der Waals surface area contributed by atoms with E-state index >= 15 is 0 Å². The van der Waals surface area contributed by atoms with Gasteiger partial charge in [-0.2, -0.15) is 0 Å². The number of amides is 1. The van der Waals surface area contributed by atoms with Crippen LogP contribution in [0.3, 0.4) is 0 Å². The Balaban J connectivity index is 1.80. The summed E-state index contributed by atoms with van der Waals surface area (Å²) in [6.07, 6.45) is 3.62. The first kappa shape index (κ1) is 14.9. The fourth-order valence-corrected chi connectivity index (χ4v) is 3.36. The summed E-state index contributed by atoms with van der Waals surface area (Å²) in [6.45, 7) is 2.23. The van der Waals surface area contributed by atoms with Crippen molar-refractivity contribution in [1.29, 1.82) is 0 Å². The topological polar surface area (TPSA) is 78.4 Å². The van der Waals surface area contributed by atoms with E-state index in [4.69, 9.17) is 5.11 Å². The van der Waals surface area contributed by atoms with Crippen LogP contribution in [0.4, 0.5) is 10.9 Å². The highest BCUT2D eigenvalue weighted by Gasteiger charge is 2.30. The monoisotopic (exact) mass is 318 g/mol. The van der Waals surface area contributed by atoms with Crippen LogP contribution in [-0.2, 0) is 4.79 Å². The Kier molecular flexibility index (Phi) is 4.35. The number of aliphatic hydroxyl groups excluding tert-OH is 1. The first-order chi connectivity index (χ1) is 10.7. The van der Waals surface area contributed by atoms with Crippen molar-refractivity contribution < 1.29 is 9.90 Å². The number of nitrogens with zero attached hydrogens (tertiary/aromatic N) is 3. The van der Waals surface area contributed by atoms with Gasteiger partial charge in [0.05, 0.1) is 11.7 Å². The lowest BCUT2D eigenvalue weighted by atomic mass is 10.1. The van der Waals surface area contributed by atoms with E-state index in [0.717, 1.165) is 34.4 Å². The SMILES string of the molecule is Cc1cnc(Nc2cccc([C@@H]3CCCN3C(=O)CO)n2)s1. The number of likely N-dealkylation sites (tertiary alicyclic amines) is 1. The number of thiazole rings is 1. The smallest absolute Gasteiger partial charge is 0.248 e. The zero-order valence-electron chi connectivity index (χ0n) is 12.3. The van der Waals surface area contributed by atoms with Gasteiger partial charge in [0.1, 0.15) is 12.4 Å². The van der Waals surface area contributed by atoms with Crippen molar-refractivity contribution >= 4 is 28.2 Å². The second-order valence-corrected chi connectivity index (χ2v) is 6.49.